The van der Waals surface area contributed by atoms with Crippen LogP contribution in [-0.4, -0.2) is 19.3 Å². The van der Waals surface area contributed by atoms with Gasteiger partial charge in [0.25, 0.3) is 0 Å². The molecule has 1 rings (SSSR count). The second-order valence-electron chi connectivity index (χ2n) is 3.38. The number of esters is 1. The van der Waals surface area contributed by atoms with Crippen molar-refractivity contribution in [1.82, 2.24) is 0 Å². The van der Waals surface area contributed by atoms with Gasteiger partial charge >= 0.3 is 5.97 Å². The average Bonchev–Trinajstić information content (AvgIpc) is 2.23. The van der Waals surface area contributed by atoms with E-state index in [2.05, 4.69) is 4.74 Å². The van der Waals surface area contributed by atoms with Crippen molar-refractivity contribution in [2.24, 2.45) is 0 Å². The average molecular weight is 229 g/mol. The molecule has 0 saturated carbocycles. The van der Waals surface area contributed by atoms with E-state index < -0.39 is 18.5 Å². The molecule has 0 heterocycles. The molecule has 1 aromatic rings. The van der Waals surface area contributed by atoms with Crippen molar-refractivity contribution in [3.8, 4) is 0 Å². The number of rotatable bonds is 4. The Balaban J connectivity index is 2.82. The minimum atomic E-state index is -0.818. The maximum Gasteiger partial charge on any atom is 0.341 e. The summed E-state index contributed by atoms with van der Waals surface area (Å²) in [5, 5.41) is 0. The van der Waals surface area contributed by atoms with Gasteiger partial charge in [0, 0.05) is 12.1 Å². The smallest absolute Gasteiger partial charge is 0.341 e. The Labute approximate surface area is 92.2 Å². The number of anilines is 1. The van der Waals surface area contributed by atoms with Crippen LogP contribution in [0.1, 0.15) is 22.3 Å². The molecule has 0 aliphatic carbocycles. The molecule has 3 nitrogen and oxygen atoms in total. The summed E-state index contributed by atoms with van der Waals surface area (Å²) in [5.74, 6) is -1.47. The van der Waals surface area contributed by atoms with Crippen molar-refractivity contribution in [2.75, 3.05) is 19.0 Å². The van der Waals surface area contributed by atoms with Crippen molar-refractivity contribution in [3.05, 3.63) is 29.1 Å². The van der Waals surface area contributed by atoms with Gasteiger partial charge in [-0.05, 0) is 24.6 Å². The van der Waals surface area contributed by atoms with Crippen molar-refractivity contribution in [1.29, 1.82) is 0 Å². The molecule has 2 N–H and O–H groups in total. The molecule has 0 atom stereocenters. The van der Waals surface area contributed by atoms with E-state index in [0.717, 1.165) is 0 Å². The van der Waals surface area contributed by atoms with Gasteiger partial charge in [0.15, 0.2) is 0 Å². The topological polar surface area (TPSA) is 52.3 Å². The van der Waals surface area contributed by atoms with Gasteiger partial charge in [-0.2, -0.15) is 0 Å². The fraction of sp³-hybridized carbons (Fsp3) is 0.364. The van der Waals surface area contributed by atoms with Crippen LogP contribution in [0.5, 0.6) is 0 Å². The van der Waals surface area contributed by atoms with E-state index in [-0.39, 0.29) is 29.8 Å². The molecule has 0 amide bonds. The molecular weight excluding hydrogens is 216 g/mol. The van der Waals surface area contributed by atoms with Gasteiger partial charge in [-0.3, -0.25) is 4.39 Å². The fourth-order valence-corrected chi connectivity index (χ4v) is 1.24. The zero-order chi connectivity index (χ0) is 12.1. The summed E-state index contributed by atoms with van der Waals surface area (Å²) in [6.07, 6.45) is 0.106. The Morgan fingerprint density at radius 3 is 2.81 bits per heavy atom. The van der Waals surface area contributed by atoms with Crippen LogP contribution >= 0.6 is 0 Å². The number of ether oxygens (including phenoxy) is 1. The number of carbonyl (C=O) groups excluding carboxylic acids is 1. The number of hydrogen-bond acceptors (Lipinski definition) is 3. The first-order valence-electron chi connectivity index (χ1n) is 4.85. The molecule has 0 saturated heterocycles. The first-order valence-corrected chi connectivity index (χ1v) is 4.85. The highest BCUT2D eigenvalue weighted by Gasteiger charge is 2.15. The molecule has 88 valence electrons. The second-order valence-corrected chi connectivity index (χ2v) is 3.38. The normalized spacial score (nSPS) is 10.2. The summed E-state index contributed by atoms with van der Waals surface area (Å²) >= 11 is 0. The molecular formula is C11H13F2NO2. The molecule has 0 aliphatic rings. The van der Waals surface area contributed by atoms with E-state index in [4.69, 9.17) is 5.73 Å². The number of benzene rings is 1. The van der Waals surface area contributed by atoms with Gasteiger partial charge in [0.05, 0.1) is 18.8 Å². The van der Waals surface area contributed by atoms with Crippen LogP contribution in [0.15, 0.2) is 12.1 Å². The summed E-state index contributed by atoms with van der Waals surface area (Å²) in [7, 11) is 0. The predicted molar refractivity (Wildman–Crippen MR) is 56.4 cm³/mol. The number of alkyl halides is 1. The quantitative estimate of drug-likeness (QED) is 0.489. The summed E-state index contributed by atoms with van der Waals surface area (Å²) in [5.41, 5.74) is 5.84. The Bertz CT molecular complexity index is 394. The molecule has 16 heavy (non-hydrogen) atoms. The van der Waals surface area contributed by atoms with E-state index in [0.29, 0.717) is 0 Å². The summed E-state index contributed by atoms with van der Waals surface area (Å²) in [4.78, 5) is 11.4. The lowest BCUT2D eigenvalue weighted by molar-refractivity contribution is 0.0488. The lowest BCUT2D eigenvalue weighted by Crippen LogP contribution is -2.10. The molecule has 0 spiro atoms. The highest BCUT2D eigenvalue weighted by Crippen LogP contribution is 2.17. The van der Waals surface area contributed by atoms with E-state index in [1.54, 1.807) is 0 Å². The fourth-order valence-electron chi connectivity index (χ4n) is 1.24. The van der Waals surface area contributed by atoms with Gasteiger partial charge in [-0.1, -0.05) is 0 Å². The minimum absolute atomic E-state index is 0.0668. The number of hydrogen-bond donors (Lipinski definition) is 1. The highest BCUT2D eigenvalue weighted by atomic mass is 19.1. The van der Waals surface area contributed by atoms with Crippen LogP contribution < -0.4 is 5.73 Å². The van der Waals surface area contributed by atoms with Gasteiger partial charge in [0.1, 0.15) is 5.82 Å². The van der Waals surface area contributed by atoms with E-state index in [1.807, 2.05) is 0 Å². The second kappa shape index (κ2) is 5.44. The zero-order valence-electron chi connectivity index (χ0n) is 8.93. The maximum atomic E-state index is 13.5. The lowest BCUT2D eigenvalue weighted by Gasteiger charge is -2.07. The first-order chi connectivity index (χ1) is 7.56. The summed E-state index contributed by atoms with van der Waals surface area (Å²) in [6.45, 7) is 0.859. The van der Waals surface area contributed by atoms with Gasteiger partial charge in [-0.25, -0.2) is 9.18 Å². The van der Waals surface area contributed by atoms with Gasteiger partial charge < -0.3 is 10.5 Å². The molecule has 0 aliphatic heterocycles. The Hall–Kier alpha value is -1.65. The van der Waals surface area contributed by atoms with Crippen LogP contribution in [0.2, 0.25) is 0 Å². The molecule has 5 heteroatoms. The number of halogens is 2. The zero-order valence-corrected chi connectivity index (χ0v) is 8.93. The van der Waals surface area contributed by atoms with E-state index in [1.165, 1.54) is 19.1 Å². The largest absolute Gasteiger partial charge is 0.462 e. The van der Waals surface area contributed by atoms with Crippen molar-refractivity contribution in [2.45, 2.75) is 13.3 Å². The van der Waals surface area contributed by atoms with Gasteiger partial charge in [0.2, 0.25) is 0 Å². The number of aryl methyl sites for hydroxylation is 1. The van der Waals surface area contributed by atoms with Crippen LogP contribution in [-0.2, 0) is 4.74 Å². The highest BCUT2D eigenvalue weighted by molar-refractivity contribution is 5.91. The summed E-state index contributed by atoms with van der Waals surface area (Å²) in [6, 6.07) is 2.63. The molecule has 0 fully saturated rings. The van der Waals surface area contributed by atoms with E-state index in [9.17, 15) is 13.6 Å². The third kappa shape index (κ3) is 2.92. The minimum Gasteiger partial charge on any atom is -0.462 e. The van der Waals surface area contributed by atoms with Crippen LogP contribution in [0, 0.1) is 12.7 Å². The Morgan fingerprint density at radius 1 is 1.50 bits per heavy atom. The molecule has 0 aromatic heterocycles. The molecule has 0 radical (unpaired) electrons. The van der Waals surface area contributed by atoms with E-state index >= 15 is 0 Å². The third-order valence-corrected chi connectivity index (χ3v) is 2.01. The predicted octanol–water partition coefficient (Wildman–Crippen LogP) is 2.23. The lowest BCUT2D eigenvalue weighted by atomic mass is 10.1. The van der Waals surface area contributed by atoms with Crippen molar-refractivity contribution >= 4 is 11.7 Å². The first kappa shape index (κ1) is 12.4. The maximum absolute atomic E-state index is 13.5. The molecule has 0 unspecified atom stereocenters. The number of nitrogens with two attached hydrogens (primary N) is 1. The Kier molecular flexibility index (Phi) is 4.22. The SMILES string of the molecule is Cc1cc(N)cc(C(=O)OCCCF)c1F. The molecule has 1 aromatic carbocycles. The van der Waals surface area contributed by atoms with Gasteiger partial charge in [-0.15, -0.1) is 0 Å². The van der Waals surface area contributed by atoms with Crippen LogP contribution in [0.25, 0.3) is 0 Å². The standard InChI is InChI=1S/C11H13F2NO2/c1-7-5-8(14)6-9(10(7)13)11(15)16-4-2-3-12/h5-6H,2-4,14H2,1H3. The monoisotopic (exact) mass is 229 g/mol. The number of nitrogen functional groups attached to an aromatic ring is 1. The number of carbonyl (C=O) groups is 1. The third-order valence-electron chi connectivity index (χ3n) is 2.01. The van der Waals surface area contributed by atoms with Crippen LogP contribution in [0.3, 0.4) is 0 Å². The van der Waals surface area contributed by atoms with Crippen molar-refractivity contribution < 1.29 is 18.3 Å². The summed E-state index contributed by atoms with van der Waals surface area (Å²) < 4.78 is 30.0. The van der Waals surface area contributed by atoms with Crippen molar-refractivity contribution in [3.63, 3.8) is 0 Å². The van der Waals surface area contributed by atoms with Crippen LogP contribution in [0.4, 0.5) is 14.5 Å². The Morgan fingerprint density at radius 2 is 2.19 bits per heavy atom. The molecule has 0 bridgehead atoms.